The molecule has 100 valence electrons. The molecule has 5 nitrogen and oxygen atoms in total. The Labute approximate surface area is 112 Å². The molecule has 3 heterocycles. The van der Waals surface area contributed by atoms with Crippen LogP contribution in [0.25, 0.3) is 5.65 Å². The largest absolute Gasteiger partial charge is 0.337 e. The minimum Gasteiger partial charge on any atom is -0.337 e. The van der Waals surface area contributed by atoms with Crippen molar-refractivity contribution in [2.75, 3.05) is 13.1 Å². The van der Waals surface area contributed by atoms with Crippen LogP contribution < -0.4 is 0 Å². The summed E-state index contributed by atoms with van der Waals surface area (Å²) in [5, 5.41) is 4.35. The molecular formula is C14H18N4O. The highest BCUT2D eigenvalue weighted by Gasteiger charge is 2.23. The molecule has 0 aliphatic carbocycles. The zero-order chi connectivity index (χ0) is 13.4. The number of aryl methyl sites for hydroxylation is 1. The maximum Gasteiger partial charge on any atom is 0.272 e. The van der Waals surface area contributed by atoms with Gasteiger partial charge in [-0.3, -0.25) is 4.79 Å². The second-order valence-electron chi connectivity index (χ2n) is 5.36. The predicted octanol–water partition coefficient (Wildman–Crippen LogP) is 1.91. The normalized spacial score (nSPS) is 17.1. The number of aromatic nitrogens is 3. The molecule has 19 heavy (non-hydrogen) atoms. The summed E-state index contributed by atoms with van der Waals surface area (Å²) >= 11 is 0. The lowest BCUT2D eigenvalue weighted by atomic mass is 9.99. The molecule has 2 aromatic rings. The summed E-state index contributed by atoms with van der Waals surface area (Å²) in [5.41, 5.74) is 2.21. The highest BCUT2D eigenvalue weighted by molar-refractivity contribution is 5.93. The van der Waals surface area contributed by atoms with Gasteiger partial charge in [0.05, 0.1) is 5.69 Å². The molecule has 1 amide bonds. The predicted molar refractivity (Wildman–Crippen MR) is 72.0 cm³/mol. The molecule has 2 aromatic heterocycles. The van der Waals surface area contributed by atoms with Crippen LogP contribution in [-0.4, -0.2) is 38.5 Å². The fraction of sp³-hybridized carbons (Fsp3) is 0.500. The van der Waals surface area contributed by atoms with Gasteiger partial charge in [-0.25, -0.2) is 9.50 Å². The number of rotatable bonds is 1. The Morgan fingerprint density at radius 2 is 2.11 bits per heavy atom. The zero-order valence-electron chi connectivity index (χ0n) is 11.3. The van der Waals surface area contributed by atoms with Gasteiger partial charge in [0.2, 0.25) is 0 Å². The van der Waals surface area contributed by atoms with Gasteiger partial charge in [0.25, 0.3) is 5.91 Å². The van der Waals surface area contributed by atoms with Gasteiger partial charge < -0.3 is 4.90 Å². The van der Waals surface area contributed by atoms with E-state index in [0.717, 1.165) is 37.3 Å². The Morgan fingerprint density at radius 3 is 2.84 bits per heavy atom. The molecule has 0 aromatic carbocycles. The molecule has 0 radical (unpaired) electrons. The summed E-state index contributed by atoms with van der Waals surface area (Å²) in [6, 6.07) is 3.63. The first-order chi connectivity index (χ1) is 9.15. The topological polar surface area (TPSA) is 50.5 Å². The lowest BCUT2D eigenvalue weighted by Crippen LogP contribution is -2.38. The van der Waals surface area contributed by atoms with Crippen molar-refractivity contribution < 1.29 is 4.79 Å². The van der Waals surface area contributed by atoms with E-state index in [1.54, 1.807) is 16.8 Å². The summed E-state index contributed by atoms with van der Waals surface area (Å²) in [6.45, 7) is 5.82. The van der Waals surface area contributed by atoms with Gasteiger partial charge in [-0.15, -0.1) is 0 Å². The lowest BCUT2D eigenvalue weighted by Gasteiger charge is -2.30. The van der Waals surface area contributed by atoms with E-state index >= 15 is 0 Å². The maximum absolute atomic E-state index is 12.6. The molecular weight excluding hydrogens is 240 g/mol. The number of likely N-dealkylation sites (tertiary alicyclic amines) is 1. The van der Waals surface area contributed by atoms with E-state index in [0.29, 0.717) is 11.6 Å². The Morgan fingerprint density at radius 1 is 1.37 bits per heavy atom. The van der Waals surface area contributed by atoms with Gasteiger partial charge in [-0.05, 0) is 31.7 Å². The number of fused-ring (bicyclic) bond motifs is 1. The van der Waals surface area contributed by atoms with Crippen molar-refractivity contribution in [2.24, 2.45) is 5.92 Å². The molecule has 1 aliphatic rings. The maximum atomic E-state index is 12.6. The van der Waals surface area contributed by atoms with E-state index in [2.05, 4.69) is 17.0 Å². The number of piperidine rings is 1. The van der Waals surface area contributed by atoms with Gasteiger partial charge in [0.15, 0.2) is 5.65 Å². The van der Waals surface area contributed by atoms with Crippen LogP contribution in [0.2, 0.25) is 0 Å². The smallest absolute Gasteiger partial charge is 0.272 e. The monoisotopic (exact) mass is 258 g/mol. The SMILES string of the molecule is Cc1cc2nccc(C(=O)N3CCC(C)CC3)n2n1. The highest BCUT2D eigenvalue weighted by Crippen LogP contribution is 2.18. The third-order valence-electron chi connectivity index (χ3n) is 3.77. The first kappa shape index (κ1) is 12.1. The fourth-order valence-electron chi connectivity index (χ4n) is 2.55. The Kier molecular flexibility index (Phi) is 2.97. The van der Waals surface area contributed by atoms with Crippen molar-refractivity contribution >= 4 is 11.6 Å². The Balaban J connectivity index is 1.93. The number of hydrogen-bond acceptors (Lipinski definition) is 3. The summed E-state index contributed by atoms with van der Waals surface area (Å²) < 4.78 is 1.65. The highest BCUT2D eigenvalue weighted by atomic mass is 16.2. The summed E-state index contributed by atoms with van der Waals surface area (Å²) in [4.78, 5) is 18.7. The van der Waals surface area contributed by atoms with Crippen LogP contribution in [0, 0.1) is 12.8 Å². The van der Waals surface area contributed by atoms with Crippen LogP contribution >= 0.6 is 0 Å². The molecule has 1 fully saturated rings. The molecule has 0 N–H and O–H groups in total. The van der Waals surface area contributed by atoms with Crippen molar-refractivity contribution in [3.8, 4) is 0 Å². The van der Waals surface area contributed by atoms with Crippen LogP contribution in [-0.2, 0) is 0 Å². The first-order valence-electron chi connectivity index (χ1n) is 6.76. The molecule has 0 saturated carbocycles. The van der Waals surface area contributed by atoms with E-state index in [4.69, 9.17) is 0 Å². The number of hydrogen-bond donors (Lipinski definition) is 0. The molecule has 0 unspecified atom stereocenters. The minimum atomic E-state index is 0.0578. The quantitative estimate of drug-likeness (QED) is 0.785. The van der Waals surface area contributed by atoms with Crippen molar-refractivity contribution in [3.05, 3.63) is 29.7 Å². The van der Waals surface area contributed by atoms with Crippen LogP contribution in [0.5, 0.6) is 0 Å². The second kappa shape index (κ2) is 4.64. The van der Waals surface area contributed by atoms with Crippen molar-refractivity contribution in [3.63, 3.8) is 0 Å². The van der Waals surface area contributed by atoms with Crippen LogP contribution in [0.1, 0.15) is 35.9 Å². The van der Waals surface area contributed by atoms with E-state index in [1.807, 2.05) is 17.9 Å². The van der Waals surface area contributed by atoms with Crippen molar-refractivity contribution in [1.29, 1.82) is 0 Å². The molecule has 1 aliphatic heterocycles. The second-order valence-corrected chi connectivity index (χ2v) is 5.36. The molecule has 5 heteroatoms. The van der Waals surface area contributed by atoms with E-state index < -0.39 is 0 Å². The van der Waals surface area contributed by atoms with Gasteiger partial charge >= 0.3 is 0 Å². The minimum absolute atomic E-state index is 0.0578. The van der Waals surface area contributed by atoms with Gasteiger partial charge in [-0.1, -0.05) is 6.92 Å². The average Bonchev–Trinajstić information content (AvgIpc) is 2.78. The first-order valence-corrected chi connectivity index (χ1v) is 6.76. The number of nitrogens with zero attached hydrogens (tertiary/aromatic N) is 4. The summed E-state index contributed by atoms with van der Waals surface area (Å²) in [7, 11) is 0. The molecule has 0 atom stereocenters. The Hall–Kier alpha value is -1.91. The molecule has 0 bridgehead atoms. The molecule has 0 spiro atoms. The van der Waals surface area contributed by atoms with Gasteiger partial charge in [0, 0.05) is 25.4 Å². The standard InChI is InChI=1S/C14H18N4O/c1-10-4-7-17(8-5-10)14(19)12-3-6-15-13-9-11(2)16-18(12)13/h3,6,9-10H,4-5,7-8H2,1-2H3. The third-order valence-corrected chi connectivity index (χ3v) is 3.77. The van der Waals surface area contributed by atoms with Crippen LogP contribution in [0.15, 0.2) is 18.3 Å². The fourth-order valence-corrected chi connectivity index (χ4v) is 2.55. The zero-order valence-corrected chi connectivity index (χ0v) is 11.3. The van der Waals surface area contributed by atoms with Gasteiger partial charge in [0.1, 0.15) is 5.69 Å². The van der Waals surface area contributed by atoms with Crippen LogP contribution in [0.4, 0.5) is 0 Å². The number of carbonyl (C=O) groups excluding carboxylic acids is 1. The van der Waals surface area contributed by atoms with E-state index in [9.17, 15) is 4.79 Å². The van der Waals surface area contributed by atoms with Crippen LogP contribution in [0.3, 0.4) is 0 Å². The van der Waals surface area contributed by atoms with Gasteiger partial charge in [-0.2, -0.15) is 5.10 Å². The molecule has 1 saturated heterocycles. The van der Waals surface area contributed by atoms with Crippen molar-refractivity contribution in [2.45, 2.75) is 26.7 Å². The van der Waals surface area contributed by atoms with Crippen molar-refractivity contribution in [1.82, 2.24) is 19.5 Å². The third kappa shape index (κ3) is 2.20. The lowest BCUT2D eigenvalue weighted by molar-refractivity contribution is 0.0688. The Bertz CT molecular complexity index is 611. The average molecular weight is 258 g/mol. The number of amides is 1. The summed E-state index contributed by atoms with van der Waals surface area (Å²) in [5.74, 6) is 0.774. The van der Waals surface area contributed by atoms with E-state index in [-0.39, 0.29) is 5.91 Å². The summed E-state index contributed by atoms with van der Waals surface area (Å²) in [6.07, 6.45) is 3.84. The van der Waals surface area contributed by atoms with E-state index in [1.165, 1.54) is 0 Å². The molecule has 3 rings (SSSR count). The number of carbonyl (C=O) groups is 1.